The van der Waals surface area contributed by atoms with E-state index in [1.807, 2.05) is 0 Å². The minimum atomic E-state index is -4.68. The van der Waals surface area contributed by atoms with Crippen molar-refractivity contribution in [1.29, 1.82) is 0 Å². The van der Waals surface area contributed by atoms with E-state index in [-0.39, 0.29) is 41.3 Å². The van der Waals surface area contributed by atoms with Crippen molar-refractivity contribution in [3.63, 3.8) is 0 Å². The lowest BCUT2D eigenvalue weighted by molar-refractivity contribution is -0.140. The van der Waals surface area contributed by atoms with Crippen LogP contribution in [-0.4, -0.2) is 41.6 Å². The zero-order chi connectivity index (χ0) is 28.9. The van der Waals surface area contributed by atoms with Crippen LogP contribution in [0.2, 0.25) is 0 Å². The van der Waals surface area contributed by atoms with Gasteiger partial charge in [-0.2, -0.15) is 18.2 Å². The molecule has 1 aliphatic carbocycles. The maximum absolute atomic E-state index is 15.2. The van der Waals surface area contributed by atoms with E-state index >= 15 is 4.39 Å². The predicted molar refractivity (Wildman–Crippen MR) is 136 cm³/mol. The van der Waals surface area contributed by atoms with Gasteiger partial charge in [-0.3, -0.25) is 0 Å². The molecule has 0 atom stereocenters. The molecule has 41 heavy (non-hydrogen) atoms. The number of aromatic nitrogens is 7. The first kappa shape index (κ1) is 26.6. The van der Waals surface area contributed by atoms with E-state index in [9.17, 15) is 13.2 Å². The summed E-state index contributed by atoms with van der Waals surface area (Å²) >= 11 is 0. The summed E-state index contributed by atoms with van der Waals surface area (Å²) in [6.45, 7) is 3.17. The Bertz CT molecular complexity index is 1750. The van der Waals surface area contributed by atoms with Gasteiger partial charge in [0.25, 0.3) is 5.88 Å². The van der Waals surface area contributed by atoms with E-state index in [1.165, 1.54) is 30.5 Å². The van der Waals surface area contributed by atoms with Gasteiger partial charge >= 0.3 is 6.18 Å². The maximum atomic E-state index is 15.2. The molecule has 1 fully saturated rings. The third-order valence-electron chi connectivity index (χ3n) is 6.56. The highest BCUT2D eigenvalue weighted by atomic mass is 19.4. The van der Waals surface area contributed by atoms with Crippen molar-refractivity contribution in [3.05, 3.63) is 59.9 Å². The summed E-state index contributed by atoms with van der Waals surface area (Å²) in [4.78, 5) is 25.5. The van der Waals surface area contributed by atoms with Gasteiger partial charge in [-0.05, 0) is 32.8 Å². The van der Waals surface area contributed by atoms with E-state index in [0.29, 0.717) is 22.5 Å². The van der Waals surface area contributed by atoms with Crippen LogP contribution in [0.5, 0.6) is 11.8 Å². The Kier molecular flexibility index (Phi) is 6.54. The summed E-state index contributed by atoms with van der Waals surface area (Å²) in [6.07, 6.45) is 2.32. The molecule has 0 amide bonds. The predicted octanol–water partition coefficient (Wildman–Crippen LogP) is 6.14. The molecular weight excluding hydrogens is 546 g/mol. The molecule has 0 N–H and O–H groups in total. The molecule has 0 aliphatic heterocycles. The van der Waals surface area contributed by atoms with Gasteiger partial charge in [-0.1, -0.05) is 0 Å². The number of pyridine rings is 1. The van der Waals surface area contributed by atoms with Crippen LogP contribution in [-0.2, 0) is 12.8 Å². The van der Waals surface area contributed by atoms with Crippen molar-refractivity contribution in [2.45, 2.75) is 51.4 Å². The van der Waals surface area contributed by atoms with Gasteiger partial charge in [0.05, 0.1) is 19.1 Å². The number of furan rings is 1. The highest BCUT2D eigenvalue weighted by molar-refractivity contribution is 5.81. The molecule has 0 aromatic carbocycles. The van der Waals surface area contributed by atoms with Crippen molar-refractivity contribution < 1.29 is 31.5 Å². The molecule has 0 radical (unpaired) electrons. The van der Waals surface area contributed by atoms with E-state index in [1.54, 1.807) is 19.9 Å². The number of alkyl halides is 3. The SMILES string of the molecule is COc1ncnc(C2CC2)c1-c1nc(OCc2cnc(-c3nc(C(F)(F)F)cn3C(C)C)c(F)c2)c2occc2n1. The number of rotatable bonds is 8. The molecule has 1 aliphatic rings. The molecule has 0 spiro atoms. The zero-order valence-electron chi connectivity index (χ0n) is 22.1. The minimum Gasteiger partial charge on any atom is -0.480 e. The molecule has 5 heterocycles. The Morgan fingerprint density at radius 2 is 1.90 bits per heavy atom. The Balaban J connectivity index is 1.31. The molecule has 5 aromatic rings. The minimum absolute atomic E-state index is 0.0947. The fraction of sp³-hybridized carbons (Fsp3) is 0.333. The van der Waals surface area contributed by atoms with Crippen LogP contribution in [0, 0.1) is 5.82 Å². The number of hydrogen-bond donors (Lipinski definition) is 0. The number of ether oxygens (including phenoxy) is 2. The fourth-order valence-electron chi connectivity index (χ4n) is 4.43. The van der Waals surface area contributed by atoms with Crippen LogP contribution >= 0.6 is 0 Å². The molecule has 212 valence electrons. The quantitative estimate of drug-likeness (QED) is 0.203. The van der Waals surface area contributed by atoms with E-state index < -0.39 is 23.7 Å². The lowest BCUT2D eigenvalue weighted by Crippen LogP contribution is -2.06. The largest absolute Gasteiger partial charge is 0.480 e. The summed E-state index contributed by atoms with van der Waals surface area (Å²) in [7, 11) is 1.50. The number of hydrogen-bond acceptors (Lipinski definition) is 9. The third kappa shape index (κ3) is 5.05. The molecule has 10 nitrogen and oxygen atoms in total. The number of fused-ring (bicyclic) bond motifs is 1. The summed E-state index contributed by atoms with van der Waals surface area (Å²) in [6, 6.07) is 2.38. The summed E-state index contributed by atoms with van der Waals surface area (Å²) < 4.78 is 73.2. The van der Waals surface area contributed by atoms with Gasteiger partial charge in [-0.15, -0.1) is 0 Å². The average Bonchev–Trinajstić information content (AvgIpc) is 3.49. The second-order valence-corrected chi connectivity index (χ2v) is 9.82. The van der Waals surface area contributed by atoms with Crippen molar-refractivity contribution in [3.8, 4) is 34.7 Å². The van der Waals surface area contributed by atoms with Gasteiger partial charge in [0.2, 0.25) is 11.5 Å². The molecular formula is C27H23F4N7O3. The highest BCUT2D eigenvalue weighted by Gasteiger charge is 2.36. The summed E-state index contributed by atoms with van der Waals surface area (Å²) in [5.41, 5.74) is 0.965. The monoisotopic (exact) mass is 569 g/mol. The normalized spacial score (nSPS) is 13.8. The van der Waals surface area contributed by atoms with Gasteiger partial charge in [0, 0.05) is 36.0 Å². The standard InChI is InChI=1S/C27H23F4N7O3/c1-13(2)38-10-18(27(29,30)31)36-24(38)21-16(28)8-14(9-32-21)11-41-26-22-17(6-7-40-22)35-23(37-26)19-20(15-4-5-15)33-12-34-25(19)39-3/h6-10,12-13,15H,4-5,11H2,1-3H3. The van der Waals surface area contributed by atoms with E-state index in [4.69, 9.17) is 13.9 Å². The first-order chi connectivity index (χ1) is 19.6. The van der Waals surface area contributed by atoms with Crippen LogP contribution in [0.3, 0.4) is 0 Å². The van der Waals surface area contributed by atoms with Crippen LogP contribution < -0.4 is 9.47 Å². The van der Waals surface area contributed by atoms with Gasteiger partial charge in [0.1, 0.15) is 29.7 Å². The van der Waals surface area contributed by atoms with Crippen LogP contribution in [0.4, 0.5) is 17.6 Å². The number of methoxy groups -OCH3 is 1. The highest BCUT2D eigenvalue weighted by Crippen LogP contribution is 2.45. The summed E-state index contributed by atoms with van der Waals surface area (Å²) in [5, 5.41) is 0. The smallest absolute Gasteiger partial charge is 0.434 e. The Labute approximate surface area is 230 Å². The van der Waals surface area contributed by atoms with Crippen LogP contribution in [0.1, 0.15) is 55.6 Å². The van der Waals surface area contributed by atoms with Gasteiger partial charge in [0.15, 0.2) is 23.2 Å². The number of imidazole rings is 1. The third-order valence-corrected chi connectivity index (χ3v) is 6.56. The van der Waals surface area contributed by atoms with E-state index in [2.05, 4.69) is 29.9 Å². The van der Waals surface area contributed by atoms with Gasteiger partial charge < -0.3 is 18.5 Å². The molecule has 0 saturated heterocycles. The van der Waals surface area contributed by atoms with Crippen molar-refractivity contribution >= 4 is 11.1 Å². The first-order valence-corrected chi connectivity index (χ1v) is 12.7. The average molecular weight is 570 g/mol. The topological polar surface area (TPSA) is 114 Å². The lowest BCUT2D eigenvalue weighted by atomic mass is 10.1. The Hall–Kier alpha value is -4.62. The summed E-state index contributed by atoms with van der Waals surface area (Å²) in [5.74, 6) is -0.113. The first-order valence-electron chi connectivity index (χ1n) is 12.7. The van der Waals surface area contributed by atoms with Crippen LogP contribution in [0.15, 0.2) is 41.5 Å². The maximum Gasteiger partial charge on any atom is 0.434 e. The van der Waals surface area contributed by atoms with Crippen molar-refractivity contribution in [2.75, 3.05) is 7.11 Å². The molecule has 14 heteroatoms. The Morgan fingerprint density at radius 1 is 1.10 bits per heavy atom. The van der Waals surface area contributed by atoms with E-state index in [0.717, 1.165) is 30.8 Å². The molecule has 0 unspecified atom stereocenters. The lowest BCUT2D eigenvalue weighted by Gasteiger charge is -2.13. The zero-order valence-corrected chi connectivity index (χ0v) is 22.1. The molecule has 5 aromatic heterocycles. The Morgan fingerprint density at radius 3 is 2.59 bits per heavy atom. The number of nitrogens with zero attached hydrogens (tertiary/aromatic N) is 7. The second kappa shape index (κ2) is 10.1. The van der Waals surface area contributed by atoms with Crippen LogP contribution in [0.25, 0.3) is 34.0 Å². The fourth-order valence-corrected chi connectivity index (χ4v) is 4.43. The van der Waals surface area contributed by atoms with Crippen molar-refractivity contribution in [1.82, 2.24) is 34.5 Å². The molecule has 1 saturated carbocycles. The molecule has 6 rings (SSSR count). The molecule has 0 bridgehead atoms. The van der Waals surface area contributed by atoms with Gasteiger partial charge in [-0.25, -0.2) is 29.3 Å². The number of halogens is 4. The second-order valence-electron chi connectivity index (χ2n) is 9.82. The van der Waals surface area contributed by atoms with Crippen molar-refractivity contribution in [2.24, 2.45) is 0 Å².